The number of hydrogen-bond donors (Lipinski definition) is 1. The second-order valence-corrected chi connectivity index (χ2v) is 4.26. The predicted octanol–water partition coefficient (Wildman–Crippen LogP) is 2.97. The van der Waals surface area contributed by atoms with Gasteiger partial charge < -0.3 is 5.11 Å². The summed E-state index contributed by atoms with van der Waals surface area (Å²) < 4.78 is 0.589. The minimum atomic E-state index is -0.927. The number of nitrogens with zero attached hydrogens (tertiary/aromatic N) is 1. The highest BCUT2D eigenvalue weighted by atomic mass is 79.9. The van der Waals surface area contributed by atoms with Gasteiger partial charge in [-0.25, -0.2) is 4.79 Å². The van der Waals surface area contributed by atoms with Gasteiger partial charge in [-0.1, -0.05) is 13.8 Å². The number of hydrogen-bond acceptors (Lipinski definition) is 2. The molecule has 0 amide bonds. The van der Waals surface area contributed by atoms with E-state index >= 15 is 0 Å². The first-order valence-electron chi connectivity index (χ1n) is 4.33. The van der Waals surface area contributed by atoms with Crippen molar-refractivity contribution in [3.8, 4) is 0 Å². The molecule has 0 saturated carbocycles. The Kier molecular flexibility index (Phi) is 3.26. The maximum absolute atomic E-state index is 10.9. The van der Waals surface area contributed by atoms with Gasteiger partial charge in [-0.05, 0) is 34.8 Å². The summed E-state index contributed by atoms with van der Waals surface area (Å²) in [5, 5.41) is 8.94. The zero-order chi connectivity index (χ0) is 10.9. The Balaban J connectivity index is 3.40. The topological polar surface area (TPSA) is 50.2 Å². The van der Waals surface area contributed by atoms with Crippen LogP contribution in [0.25, 0.3) is 0 Å². The molecule has 1 aromatic heterocycles. The second-order valence-electron chi connectivity index (χ2n) is 3.47. The lowest BCUT2D eigenvalue weighted by Gasteiger charge is -2.10. The number of carbonyl (C=O) groups is 1. The number of carboxylic acid groups (broad SMARTS) is 1. The molecule has 76 valence electrons. The van der Waals surface area contributed by atoms with Crippen molar-refractivity contribution in [3.05, 3.63) is 27.5 Å². The molecule has 0 unspecified atom stereocenters. The predicted molar refractivity (Wildman–Crippen MR) is 57.7 cm³/mol. The monoisotopic (exact) mass is 257 g/mol. The van der Waals surface area contributed by atoms with Crippen molar-refractivity contribution in [3.63, 3.8) is 0 Å². The minimum Gasteiger partial charge on any atom is -0.478 e. The second kappa shape index (κ2) is 4.09. The average Bonchev–Trinajstić information content (AvgIpc) is 2.07. The molecule has 0 aliphatic rings. The van der Waals surface area contributed by atoms with Crippen LogP contribution in [0.2, 0.25) is 0 Å². The molecule has 0 aromatic carbocycles. The van der Waals surface area contributed by atoms with Crippen molar-refractivity contribution in [2.45, 2.75) is 26.7 Å². The van der Waals surface area contributed by atoms with Crippen LogP contribution in [0.15, 0.2) is 10.5 Å². The molecule has 0 atom stereocenters. The molecule has 1 rings (SSSR count). The van der Waals surface area contributed by atoms with E-state index in [4.69, 9.17) is 5.11 Å². The SMILES string of the molecule is Cc1cc(C(=O)O)c(Br)c(C(C)C)n1. The molecule has 0 radical (unpaired) electrons. The van der Waals surface area contributed by atoms with E-state index in [2.05, 4.69) is 20.9 Å². The van der Waals surface area contributed by atoms with Crippen LogP contribution in [-0.2, 0) is 0 Å². The summed E-state index contributed by atoms with van der Waals surface area (Å²) in [5.74, 6) is -0.716. The number of carboxylic acids is 1. The third-order valence-corrected chi connectivity index (χ3v) is 2.72. The largest absolute Gasteiger partial charge is 0.478 e. The number of aromatic nitrogens is 1. The Morgan fingerprint density at radius 1 is 1.57 bits per heavy atom. The highest BCUT2D eigenvalue weighted by Crippen LogP contribution is 2.26. The molecular weight excluding hydrogens is 246 g/mol. The van der Waals surface area contributed by atoms with E-state index in [0.717, 1.165) is 11.4 Å². The van der Waals surface area contributed by atoms with Gasteiger partial charge in [0.1, 0.15) is 0 Å². The fourth-order valence-corrected chi connectivity index (χ4v) is 2.05. The van der Waals surface area contributed by atoms with Crippen LogP contribution in [-0.4, -0.2) is 16.1 Å². The van der Waals surface area contributed by atoms with Gasteiger partial charge in [0.2, 0.25) is 0 Å². The summed E-state index contributed by atoms with van der Waals surface area (Å²) >= 11 is 3.27. The lowest BCUT2D eigenvalue weighted by atomic mass is 10.1. The third-order valence-electron chi connectivity index (χ3n) is 1.89. The molecule has 0 aliphatic heterocycles. The molecule has 0 aliphatic carbocycles. The van der Waals surface area contributed by atoms with Crippen molar-refractivity contribution in [2.75, 3.05) is 0 Å². The molecule has 3 nitrogen and oxygen atoms in total. The van der Waals surface area contributed by atoms with Crippen LogP contribution in [0.3, 0.4) is 0 Å². The fourth-order valence-electron chi connectivity index (χ4n) is 1.22. The fraction of sp³-hybridized carbons (Fsp3) is 0.400. The van der Waals surface area contributed by atoms with Crippen LogP contribution in [0.4, 0.5) is 0 Å². The molecule has 1 N–H and O–H groups in total. The number of pyridine rings is 1. The van der Waals surface area contributed by atoms with Crippen LogP contribution in [0.5, 0.6) is 0 Å². The Morgan fingerprint density at radius 2 is 2.14 bits per heavy atom. The summed E-state index contributed by atoms with van der Waals surface area (Å²) in [7, 11) is 0. The van der Waals surface area contributed by atoms with E-state index in [1.807, 2.05) is 13.8 Å². The third kappa shape index (κ3) is 2.12. The lowest BCUT2D eigenvalue weighted by molar-refractivity contribution is 0.0695. The van der Waals surface area contributed by atoms with Gasteiger partial charge >= 0.3 is 5.97 Å². The van der Waals surface area contributed by atoms with Crippen LogP contribution in [0, 0.1) is 6.92 Å². The van der Waals surface area contributed by atoms with Gasteiger partial charge in [-0.15, -0.1) is 0 Å². The molecular formula is C10H12BrNO2. The summed E-state index contributed by atoms with van der Waals surface area (Å²) in [6.45, 7) is 5.76. The molecule has 14 heavy (non-hydrogen) atoms. The van der Waals surface area contributed by atoms with E-state index in [0.29, 0.717) is 4.47 Å². The minimum absolute atomic E-state index is 0.211. The first-order chi connectivity index (χ1) is 6.43. The summed E-state index contributed by atoms with van der Waals surface area (Å²) in [4.78, 5) is 15.2. The standard InChI is InChI=1S/C10H12BrNO2/c1-5(2)9-8(11)7(10(13)14)4-6(3)12-9/h4-5H,1-3H3,(H,13,14). The van der Waals surface area contributed by atoms with E-state index in [1.165, 1.54) is 0 Å². The molecule has 0 fully saturated rings. The smallest absolute Gasteiger partial charge is 0.336 e. The number of aryl methyl sites for hydroxylation is 1. The van der Waals surface area contributed by atoms with Crippen molar-refractivity contribution >= 4 is 21.9 Å². The van der Waals surface area contributed by atoms with Gasteiger partial charge in [0.25, 0.3) is 0 Å². The summed E-state index contributed by atoms with van der Waals surface area (Å²) in [6.07, 6.45) is 0. The van der Waals surface area contributed by atoms with Crippen LogP contribution < -0.4 is 0 Å². The van der Waals surface area contributed by atoms with Crippen molar-refractivity contribution < 1.29 is 9.90 Å². The molecule has 0 spiro atoms. The summed E-state index contributed by atoms with van der Waals surface area (Å²) in [5.41, 5.74) is 1.80. The zero-order valence-electron chi connectivity index (χ0n) is 8.34. The molecule has 0 bridgehead atoms. The van der Waals surface area contributed by atoms with Gasteiger partial charge in [-0.2, -0.15) is 0 Å². The summed E-state index contributed by atoms with van der Waals surface area (Å²) in [6, 6.07) is 1.57. The van der Waals surface area contributed by atoms with E-state index in [9.17, 15) is 4.79 Å². The highest BCUT2D eigenvalue weighted by Gasteiger charge is 2.16. The molecule has 1 heterocycles. The van der Waals surface area contributed by atoms with E-state index in [-0.39, 0.29) is 11.5 Å². The maximum Gasteiger partial charge on any atom is 0.336 e. The van der Waals surface area contributed by atoms with Gasteiger partial charge in [0.15, 0.2) is 0 Å². The highest BCUT2D eigenvalue weighted by molar-refractivity contribution is 9.10. The number of rotatable bonds is 2. The average molecular weight is 258 g/mol. The Bertz CT molecular complexity index is 375. The molecule has 4 heteroatoms. The van der Waals surface area contributed by atoms with Gasteiger partial charge in [0.05, 0.1) is 15.7 Å². The van der Waals surface area contributed by atoms with E-state index < -0.39 is 5.97 Å². The van der Waals surface area contributed by atoms with Crippen molar-refractivity contribution in [1.82, 2.24) is 4.98 Å². The normalized spacial score (nSPS) is 10.6. The quantitative estimate of drug-likeness (QED) is 0.887. The Morgan fingerprint density at radius 3 is 2.57 bits per heavy atom. The number of halogens is 1. The first kappa shape index (κ1) is 11.2. The zero-order valence-corrected chi connectivity index (χ0v) is 9.92. The Labute approximate surface area is 91.3 Å². The Hall–Kier alpha value is -0.900. The maximum atomic E-state index is 10.9. The van der Waals surface area contributed by atoms with E-state index in [1.54, 1.807) is 13.0 Å². The number of aromatic carboxylic acids is 1. The van der Waals surface area contributed by atoms with Crippen molar-refractivity contribution in [1.29, 1.82) is 0 Å². The lowest BCUT2D eigenvalue weighted by Crippen LogP contribution is -2.05. The van der Waals surface area contributed by atoms with Crippen molar-refractivity contribution in [2.24, 2.45) is 0 Å². The van der Waals surface area contributed by atoms with Gasteiger partial charge in [-0.3, -0.25) is 4.98 Å². The first-order valence-corrected chi connectivity index (χ1v) is 5.13. The molecule has 0 saturated heterocycles. The van der Waals surface area contributed by atoms with Crippen LogP contribution in [0.1, 0.15) is 41.5 Å². The molecule has 1 aromatic rings. The van der Waals surface area contributed by atoms with Gasteiger partial charge in [0, 0.05) is 5.69 Å². The van der Waals surface area contributed by atoms with Crippen LogP contribution >= 0.6 is 15.9 Å².